The van der Waals surface area contributed by atoms with Gasteiger partial charge < -0.3 is 10.2 Å². The molecular formula is C22H25FN4O. The van der Waals surface area contributed by atoms with Crippen molar-refractivity contribution in [2.24, 2.45) is 0 Å². The molecule has 0 atom stereocenters. The molecule has 6 heteroatoms. The zero-order valence-electron chi connectivity index (χ0n) is 15.9. The van der Waals surface area contributed by atoms with Crippen LogP contribution in [0.25, 0.3) is 0 Å². The summed E-state index contributed by atoms with van der Waals surface area (Å²) in [5.74, 6) is -0.180. The highest BCUT2D eigenvalue weighted by atomic mass is 19.1. The number of benzene rings is 2. The number of rotatable bonds is 6. The van der Waals surface area contributed by atoms with Crippen molar-refractivity contribution >= 4 is 11.6 Å². The zero-order chi connectivity index (χ0) is 19.8. The maximum atomic E-state index is 13.9. The van der Waals surface area contributed by atoms with Crippen LogP contribution >= 0.6 is 0 Å². The fraction of sp³-hybridized carbons (Fsp3) is 0.364. The molecule has 1 saturated heterocycles. The second-order valence-corrected chi connectivity index (χ2v) is 7.05. The van der Waals surface area contributed by atoms with Gasteiger partial charge in [0.15, 0.2) is 0 Å². The molecule has 1 aliphatic heterocycles. The Labute approximate surface area is 165 Å². The lowest BCUT2D eigenvalue weighted by molar-refractivity contribution is -0.116. The number of hydrogen-bond donors (Lipinski definition) is 1. The maximum Gasteiger partial charge on any atom is 0.225 e. The van der Waals surface area contributed by atoms with Crippen LogP contribution in [0.2, 0.25) is 0 Å². The van der Waals surface area contributed by atoms with Crippen LogP contribution in [0.3, 0.4) is 0 Å². The molecule has 2 aromatic rings. The summed E-state index contributed by atoms with van der Waals surface area (Å²) in [6, 6.07) is 15.8. The summed E-state index contributed by atoms with van der Waals surface area (Å²) in [7, 11) is 0. The van der Waals surface area contributed by atoms with E-state index in [0.717, 1.165) is 38.2 Å². The van der Waals surface area contributed by atoms with E-state index in [1.807, 2.05) is 12.1 Å². The van der Waals surface area contributed by atoms with E-state index in [2.05, 4.69) is 21.2 Å². The summed E-state index contributed by atoms with van der Waals surface area (Å²) in [4.78, 5) is 16.7. The second kappa shape index (κ2) is 9.98. The summed E-state index contributed by atoms with van der Waals surface area (Å²) in [5.41, 5.74) is 2.01. The molecule has 0 aromatic heterocycles. The fourth-order valence-electron chi connectivity index (χ4n) is 3.38. The maximum absolute atomic E-state index is 13.9. The van der Waals surface area contributed by atoms with Gasteiger partial charge in [0.25, 0.3) is 0 Å². The first-order valence-corrected chi connectivity index (χ1v) is 9.62. The predicted molar refractivity (Wildman–Crippen MR) is 107 cm³/mol. The Kier molecular flexibility index (Phi) is 7.12. The molecule has 2 aromatic carbocycles. The smallest absolute Gasteiger partial charge is 0.225 e. The Bertz CT molecular complexity index is 831. The van der Waals surface area contributed by atoms with E-state index in [0.29, 0.717) is 30.8 Å². The molecule has 0 unspecified atom stereocenters. The molecule has 5 nitrogen and oxygen atoms in total. The number of carbonyl (C=O) groups is 1. The molecule has 1 amide bonds. The largest absolute Gasteiger partial charge is 0.326 e. The Hall–Kier alpha value is -2.75. The summed E-state index contributed by atoms with van der Waals surface area (Å²) in [6.45, 7) is 4.94. The van der Waals surface area contributed by atoms with Crippen molar-refractivity contribution in [3.8, 4) is 6.07 Å². The first kappa shape index (κ1) is 20.0. The Morgan fingerprint density at radius 3 is 2.50 bits per heavy atom. The number of halogens is 1. The summed E-state index contributed by atoms with van der Waals surface area (Å²) in [5, 5.41) is 11.7. The third kappa shape index (κ3) is 5.88. The molecular weight excluding hydrogens is 355 g/mol. The minimum atomic E-state index is -0.150. The van der Waals surface area contributed by atoms with Crippen molar-refractivity contribution in [3.63, 3.8) is 0 Å². The van der Waals surface area contributed by atoms with Gasteiger partial charge in [-0.2, -0.15) is 5.26 Å². The van der Waals surface area contributed by atoms with Crippen LogP contribution in [0.4, 0.5) is 10.1 Å². The van der Waals surface area contributed by atoms with Gasteiger partial charge in [0, 0.05) is 43.9 Å². The standard InChI is InChI=1S/C22H25FN4O/c23-21-5-2-1-4-19(21)17-27-12-3-11-26(14-15-27)13-10-22(28)25-20-8-6-18(16-24)7-9-20/h1-2,4-9H,3,10-15,17H2,(H,25,28). The minimum absolute atomic E-state index is 0.0304. The van der Waals surface area contributed by atoms with Gasteiger partial charge in [0.1, 0.15) is 5.82 Å². The lowest BCUT2D eigenvalue weighted by Crippen LogP contribution is -2.32. The van der Waals surface area contributed by atoms with Crippen LogP contribution in [0.15, 0.2) is 48.5 Å². The van der Waals surface area contributed by atoms with Crippen LogP contribution in [0, 0.1) is 17.1 Å². The topological polar surface area (TPSA) is 59.4 Å². The summed E-state index contributed by atoms with van der Waals surface area (Å²) >= 11 is 0. The molecule has 28 heavy (non-hydrogen) atoms. The lowest BCUT2D eigenvalue weighted by Gasteiger charge is -2.22. The van der Waals surface area contributed by atoms with E-state index in [1.165, 1.54) is 6.07 Å². The quantitative estimate of drug-likeness (QED) is 0.836. The van der Waals surface area contributed by atoms with Crippen molar-refractivity contribution < 1.29 is 9.18 Å². The van der Waals surface area contributed by atoms with Crippen molar-refractivity contribution in [3.05, 3.63) is 65.5 Å². The molecule has 1 aliphatic rings. The second-order valence-electron chi connectivity index (χ2n) is 7.05. The van der Waals surface area contributed by atoms with Crippen molar-refractivity contribution in [2.45, 2.75) is 19.4 Å². The van der Waals surface area contributed by atoms with E-state index >= 15 is 0 Å². The third-order valence-electron chi connectivity index (χ3n) is 4.99. The first-order valence-electron chi connectivity index (χ1n) is 9.62. The van der Waals surface area contributed by atoms with Gasteiger partial charge in [-0.3, -0.25) is 9.69 Å². The number of carbonyl (C=O) groups excluding carboxylic acids is 1. The van der Waals surface area contributed by atoms with Gasteiger partial charge in [0.2, 0.25) is 5.91 Å². The van der Waals surface area contributed by atoms with Crippen LogP contribution in [-0.4, -0.2) is 48.4 Å². The van der Waals surface area contributed by atoms with Crippen LogP contribution in [-0.2, 0) is 11.3 Å². The van der Waals surface area contributed by atoms with Gasteiger partial charge in [-0.1, -0.05) is 18.2 Å². The Morgan fingerprint density at radius 2 is 1.75 bits per heavy atom. The number of amides is 1. The van der Waals surface area contributed by atoms with E-state index in [4.69, 9.17) is 5.26 Å². The molecule has 1 fully saturated rings. The zero-order valence-corrected chi connectivity index (χ0v) is 15.9. The van der Waals surface area contributed by atoms with Gasteiger partial charge in [-0.15, -0.1) is 0 Å². The molecule has 0 bridgehead atoms. The Balaban J connectivity index is 1.42. The van der Waals surface area contributed by atoms with E-state index in [9.17, 15) is 9.18 Å². The first-order chi connectivity index (χ1) is 13.6. The normalized spacial score (nSPS) is 15.6. The van der Waals surface area contributed by atoms with Gasteiger partial charge in [-0.05, 0) is 49.8 Å². The van der Waals surface area contributed by atoms with Crippen LogP contribution in [0.5, 0.6) is 0 Å². The lowest BCUT2D eigenvalue weighted by atomic mass is 10.2. The number of nitrogens with zero attached hydrogens (tertiary/aromatic N) is 3. The van der Waals surface area contributed by atoms with Gasteiger partial charge >= 0.3 is 0 Å². The molecule has 0 spiro atoms. The van der Waals surface area contributed by atoms with Crippen LogP contribution in [0.1, 0.15) is 24.0 Å². The summed E-state index contributed by atoms with van der Waals surface area (Å²) in [6.07, 6.45) is 1.43. The number of hydrogen-bond acceptors (Lipinski definition) is 4. The third-order valence-corrected chi connectivity index (χ3v) is 4.99. The summed E-state index contributed by atoms with van der Waals surface area (Å²) < 4.78 is 13.9. The average Bonchev–Trinajstić information content (AvgIpc) is 2.94. The van der Waals surface area contributed by atoms with Crippen LogP contribution < -0.4 is 5.32 Å². The molecule has 3 rings (SSSR count). The van der Waals surface area contributed by atoms with E-state index in [-0.39, 0.29) is 11.7 Å². The highest BCUT2D eigenvalue weighted by Gasteiger charge is 2.17. The predicted octanol–water partition coefficient (Wildman–Crippen LogP) is 3.23. The van der Waals surface area contributed by atoms with Crippen molar-refractivity contribution in [2.75, 3.05) is 38.0 Å². The minimum Gasteiger partial charge on any atom is -0.326 e. The van der Waals surface area contributed by atoms with Crippen molar-refractivity contribution in [1.29, 1.82) is 5.26 Å². The molecule has 1 heterocycles. The molecule has 0 aliphatic carbocycles. The molecule has 1 N–H and O–H groups in total. The Morgan fingerprint density at radius 1 is 1.04 bits per heavy atom. The van der Waals surface area contributed by atoms with E-state index < -0.39 is 0 Å². The number of nitriles is 1. The molecule has 0 radical (unpaired) electrons. The van der Waals surface area contributed by atoms with Gasteiger partial charge in [-0.25, -0.2) is 4.39 Å². The fourth-order valence-corrected chi connectivity index (χ4v) is 3.38. The van der Waals surface area contributed by atoms with E-state index in [1.54, 1.807) is 30.3 Å². The number of nitrogens with one attached hydrogen (secondary N) is 1. The van der Waals surface area contributed by atoms with Crippen molar-refractivity contribution in [1.82, 2.24) is 9.80 Å². The molecule has 146 valence electrons. The monoisotopic (exact) mass is 380 g/mol. The van der Waals surface area contributed by atoms with Gasteiger partial charge in [0.05, 0.1) is 11.6 Å². The highest BCUT2D eigenvalue weighted by molar-refractivity contribution is 5.90. The molecule has 0 saturated carbocycles. The highest BCUT2D eigenvalue weighted by Crippen LogP contribution is 2.13. The number of anilines is 1. The SMILES string of the molecule is N#Cc1ccc(NC(=O)CCN2CCCN(Cc3ccccc3F)CC2)cc1. The average molecular weight is 380 g/mol.